The van der Waals surface area contributed by atoms with E-state index in [1.54, 1.807) is 0 Å². The minimum Gasteiger partial charge on any atom is -0.367 e. The Bertz CT molecular complexity index is 871. The van der Waals surface area contributed by atoms with Crippen molar-refractivity contribution in [3.8, 4) is 0 Å². The average Bonchev–Trinajstić information content (AvgIpc) is 3.23. The van der Waals surface area contributed by atoms with Crippen molar-refractivity contribution in [2.75, 3.05) is 18.0 Å². The number of hydrogen-bond acceptors (Lipinski definition) is 3. The molecule has 4 heteroatoms. The van der Waals surface area contributed by atoms with Gasteiger partial charge in [0.25, 0.3) is 5.91 Å². The third-order valence-electron chi connectivity index (χ3n) is 4.88. The van der Waals surface area contributed by atoms with Crippen LogP contribution in [0.3, 0.4) is 0 Å². The van der Waals surface area contributed by atoms with E-state index in [1.165, 1.54) is 33.7 Å². The number of carbonyl (C=O) groups is 1. The fraction of sp³-hybridized carbons (Fsp3) is 0.227. The molecule has 1 aromatic heterocycles. The molecule has 3 aromatic rings. The lowest BCUT2D eigenvalue weighted by Crippen LogP contribution is -2.30. The van der Waals surface area contributed by atoms with Gasteiger partial charge in [0.2, 0.25) is 0 Å². The summed E-state index contributed by atoms with van der Waals surface area (Å²) < 4.78 is 0. The summed E-state index contributed by atoms with van der Waals surface area (Å²) in [7, 11) is 0. The van der Waals surface area contributed by atoms with Crippen LogP contribution >= 0.6 is 11.3 Å². The van der Waals surface area contributed by atoms with Crippen molar-refractivity contribution < 1.29 is 4.79 Å². The summed E-state index contributed by atoms with van der Waals surface area (Å²) in [6.07, 6.45) is 1.95. The van der Waals surface area contributed by atoms with Crippen LogP contribution in [0.5, 0.6) is 0 Å². The molecule has 0 saturated heterocycles. The zero-order valence-electron chi connectivity index (χ0n) is 14.7. The number of nitrogens with one attached hydrogen (secondary N) is 1. The molecule has 0 aliphatic carbocycles. The monoisotopic (exact) mass is 362 g/mol. The first-order valence-corrected chi connectivity index (χ1v) is 9.90. The first kappa shape index (κ1) is 16.9. The van der Waals surface area contributed by atoms with E-state index in [4.69, 9.17) is 0 Å². The summed E-state index contributed by atoms with van der Waals surface area (Å²) in [5, 5.41) is 4.91. The molecule has 1 aliphatic heterocycles. The Kier molecular flexibility index (Phi) is 5.02. The lowest BCUT2D eigenvalue weighted by molar-refractivity contribution is 0.0958. The predicted octanol–water partition coefficient (Wildman–Crippen LogP) is 4.28. The number of hydrogen-bond donors (Lipinski definition) is 1. The molecule has 2 aromatic carbocycles. The van der Waals surface area contributed by atoms with Crippen LogP contribution in [0.2, 0.25) is 0 Å². The molecule has 0 atom stereocenters. The fourth-order valence-electron chi connectivity index (χ4n) is 3.40. The number of thiophene rings is 1. The molecule has 0 fully saturated rings. The summed E-state index contributed by atoms with van der Waals surface area (Å²) >= 11 is 1.47. The van der Waals surface area contributed by atoms with Crippen molar-refractivity contribution >= 4 is 22.9 Å². The first-order chi connectivity index (χ1) is 12.8. The molecule has 1 amide bonds. The van der Waals surface area contributed by atoms with Crippen LogP contribution in [-0.2, 0) is 19.4 Å². The molecule has 0 unspecified atom stereocenters. The Morgan fingerprint density at radius 1 is 1.00 bits per heavy atom. The van der Waals surface area contributed by atoms with Crippen molar-refractivity contribution in [2.45, 2.75) is 19.4 Å². The number of rotatable bonds is 5. The highest BCUT2D eigenvalue weighted by Crippen LogP contribution is 2.24. The van der Waals surface area contributed by atoms with Gasteiger partial charge in [-0.25, -0.2) is 0 Å². The van der Waals surface area contributed by atoms with E-state index >= 15 is 0 Å². The number of nitrogens with zero attached hydrogens (tertiary/aromatic N) is 1. The largest absolute Gasteiger partial charge is 0.367 e. The van der Waals surface area contributed by atoms with Gasteiger partial charge in [-0.05, 0) is 53.1 Å². The third kappa shape index (κ3) is 3.81. The van der Waals surface area contributed by atoms with E-state index in [0.29, 0.717) is 6.54 Å². The molecule has 0 bridgehead atoms. The van der Waals surface area contributed by atoms with Crippen molar-refractivity contribution in [1.82, 2.24) is 5.32 Å². The minimum atomic E-state index is 0.0172. The highest BCUT2D eigenvalue weighted by atomic mass is 32.1. The normalized spacial score (nSPS) is 13.3. The lowest BCUT2D eigenvalue weighted by Gasteiger charge is -2.30. The van der Waals surface area contributed by atoms with Crippen LogP contribution in [0.1, 0.15) is 26.4 Å². The molecule has 4 rings (SSSR count). The summed E-state index contributed by atoms with van der Waals surface area (Å²) in [5.74, 6) is 0.0172. The zero-order valence-corrected chi connectivity index (χ0v) is 15.5. The Balaban J connectivity index is 1.32. The smallest absolute Gasteiger partial charge is 0.261 e. The maximum Gasteiger partial charge on any atom is 0.261 e. The maximum absolute atomic E-state index is 11.9. The molecule has 1 N–H and O–H groups in total. The SMILES string of the molecule is O=C(NCCc1ccc(N2CCc3ccccc3C2)cc1)c1cccs1. The van der Waals surface area contributed by atoms with Crippen molar-refractivity contribution in [1.29, 1.82) is 0 Å². The zero-order chi connectivity index (χ0) is 17.8. The number of carbonyl (C=O) groups excluding carboxylic acids is 1. The molecular formula is C22H22N2OS. The average molecular weight is 362 g/mol. The van der Waals surface area contributed by atoms with E-state index in [2.05, 4.69) is 58.7 Å². The van der Waals surface area contributed by atoms with Crippen LogP contribution < -0.4 is 10.2 Å². The number of amides is 1. The molecule has 0 radical (unpaired) electrons. The molecule has 0 spiro atoms. The second-order valence-corrected chi connectivity index (χ2v) is 7.54. The highest BCUT2D eigenvalue weighted by Gasteiger charge is 2.15. The summed E-state index contributed by atoms with van der Waals surface area (Å²) in [6.45, 7) is 2.70. The standard InChI is InChI=1S/C22H22N2OS/c25-22(21-6-3-15-26-21)23-13-11-17-7-9-20(10-8-17)24-14-12-18-4-1-2-5-19(18)16-24/h1-10,15H,11-14,16H2,(H,23,25). The summed E-state index contributed by atoms with van der Waals surface area (Å²) in [6, 6.07) is 21.2. The minimum absolute atomic E-state index is 0.0172. The topological polar surface area (TPSA) is 32.3 Å². The lowest BCUT2D eigenvalue weighted by atomic mass is 9.99. The Labute approximate surface area is 158 Å². The molecule has 3 nitrogen and oxygen atoms in total. The highest BCUT2D eigenvalue weighted by molar-refractivity contribution is 7.12. The summed E-state index contributed by atoms with van der Waals surface area (Å²) in [4.78, 5) is 15.2. The van der Waals surface area contributed by atoms with E-state index in [9.17, 15) is 4.79 Å². The third-order valence-corrected chi connectivity index (χ3v) is 5.74. The van der Waals surface area contributed by atoms with Gasteiger partial charge in [-0.3, -0.25) is 4.79 Å². The van der Waals surface area contributed by atoms with E-state index in [-0.39, 0.29) is 5.91 Å². The predicted molar refractivity (Wildman–Crippen MR) is 108 cm³/mol. The number of benzene rings is 2. The first-order valence-electron chi connectivity index (χ1n) is 9.02. The molecule has 2 heterocycles. The van der Waals surface area contributed by atoms with Gasteiger partial charge in [-0.2, -0.15) is 0 Å². The Hall–Kier alpha value is -2.59. The second kappa shape index (κ2) is 7.75. The molecular weight excluding hydrogens is 340 g/mol. The van der Waals surface area contributed by atoms with E-state index in [0.717, 1.165) is 30.8 Å². The van der Waals surface area contributed by atoms with Gasteiger partial charge < -0.3 is 10.2 Å². The quantitative estimate of drug-likeness (QED) is 0.735. The second-order valence-electron chi connectivity index (χ2n) is 6.59. The van der Waals surface area contributed by atoms with Crippen molar-refractivity contribution in [2.24, 2.45) is 0 Å². The van der Waals surface area contributed by atoms with Crippen molar-refractivity contribution in [3.63, 3.8) is 0 Å². The molecule has 132 valence electrons. The van der Waals surface area contributed by atoms with Crippen molar-refractivity contribution in [3.05, 3.63) is 87.6 Å². The van der Waals surface area contributed by atoms with Gasteiger partial charge >= 0.3 is 0 Å². The van der Waals surface area contributed by atoms with Gasteiger partial charge in [-0.15, -0.1) is 11.3 Å². The summed E-state index contributed by atoms with van der Waals surface area (Å²) in [5.41, 5.74) is 5.42. The molecule has 1 aliphatic rings. The fourth-order valence-corrected chi connectivity index (χ4v) is 4.04. The molecule has 0 saturated carbocycles. The van der Waals surface area contributed by atoms with Crippen LogP contribution in [-0.4, -0.2) is 19.0 Å². The Morgan fingerprint density at radius 3 is 2.58 bits per heavy atom. The van der Waals surface area contributed by atoms with Gasteiger partial charge in [0.1, 0.15) is 0 Å². The number of fused-ring (bicyclic) bond motifs is 1. The Morgan fingerprint density at radius 2 is 1.81 bits per heavy atom. The van der Waals surface area contributed by atoms with Crippen LogP contribution in [0, 0.1) is 0 Å². The van der Waals surface area contributed by atoms with Gasteiger partial charge in [0, 0.05) is 25.3 Å². The van der Waals surface area contributed by atoms with Gasteiger partial charge in [0.05, 0.1) is 4.88 Å². The van der Waals surface area contributed by atoms with Gasteiger partial charge in [0.15, 0.2) is 0 Å². The van der Waals surface area contributed by atoms with E-state index < -0.39 is 0 Å². The van der Waals surface area contributed by atoms with Crippen LogP contribution in [0.25, 0.3) is 0 Å². The number of anilines is 1. The maximum atomic E-state index is 11.9. The van der Waals surface area contributed by atoms with Crippen LogP contribution in [0.15, 0.2) is 66.0 Å². The van der Waals surface area contributed by atoms with Crippen LogP contribution in [0.4, 0.5) is 5.69 Å². The van der Waals surface area contributed by atoms with E-state index in [1.807, 2.05) is 17.5 Å². The van der Waals surface area contributed by atoms with Gasteiger partial charge in [-0.1, -0.05) is 42.5 Å². The molecule has 26 heavy (non-hydrogen) atoms.